The second kappa shape index (κ2) is 4.34. The molecule has 82 valence electrons. The molecule has 1 saturated carbocycles. The predicted molar refractivity (Wildman–Crippen MR) is 66.8 cm³/mol. The van der Waals surface area contributed by atoms with E-state index in [2.05, 4.69) is 28.1 Å². The van der Waals surface area contributed by atoms with Gasteiger partial charge in [0.15, 0.2) is 0 Å². The summed E-state index contributed by atoms with van der Waals surface area (Å²) in [6.45, 7) is 0. The van der Waals surface area contributed by atoms with Crippen LogP contribution in [-0.2, 0) is 6.42 Å². The number of rotatable bonds is 4. The minimum Gasteiger partial charge on any atom is -0.496 e. The van der Waals surface area contributed by atoms with Crippen molar-refractivity contribution in [2.75, 3.05) is 13.0 Å². The third kappa shape index (κ3) is 2.48. The van der Waals surface area contributed by atoms with Gasteiger partial charge in [-0.3, -0.25) is 0 Å². The Kier molecular flexibility index (Phi) is 3.27. The van der Waals surface area contributed by atoms with Crippen LogP contribution in [0.3, 0.4) is 0 Å². The van der Waals surface area contributed by atoms with E-state index in [9.17, 15) is 0 Å². The van der Waals surface area contributed by atoms with Crippen LogP contribution in [0.2, 0.25) is 0 Å². The maximum Gasteiger partial charge on any atom is 0.133 e. The van der Waals surface area contributed by atoms with E-state index in [-0.39, 0.29) is 0 Å². The predicted octanol–water partition coefficient (Wildman–Crippen LogP) is 4.02. The van der Waals surface area contributed by atoms with Gasteiger partial charge in [0.1, 0.15) is 5.75 Å². The van der Waals surface area contributed by atoms with Gasteiger partial charge in [-0.25, -0.2) is 0 Å². The SMILES string of the molecule is COc1ccc(CC2(CCl)CC2)cc1Br. The van der Waals surface area contributed by atoms with Gasteiger partial charge in [0.25, 0.3) is 0 Å². The summed E-state index contributed by atoms with van der Waals surface area (Å²) in [5.41, 5.74) is 1.72. The fraction of sp³-hybridized carbons (Fsp3) is 0.500. The van der Waals surface area contributed by atoms with E-state index < -0.39 is 0 Å². The fourth-order valence-electron chi connectivity index (χ4n) is 1.79. The average molecular weight is 290 g/mol. The Bertz CT molecular complexity index is 361. The summed E-state index contributed by atoms with van der Waals surface area (Å²) in [6, 6.07) is 6.26. The van der Waals surface area contributed by atoms with E-state index in [1.165, 1.54) is 18.4 Å². The van der Waals surface area contributed by atoms with Gasteiger partial charge in [-0.05, 0) is 58.3 Å². The lowest BCUT2D eigenvalue weighted by molar-refractivity contribution is 0.411. The Morgan fingerprint density at radius 2 is 2.20 bits per heavy atom. The molecule has 15 heavy (non-hydrogen) atoms. The standard InChI is InChI=1S/C12H14BrClO/c1-15-11-3-2-9(6-10(11)13)7-12(8-14)4-5-12/h2-3,6H,4-5,7-8H2,1H3. The second-order valence-electron chi connectivity index (χ2n) is 4.28. The lowest BCUT2D eigenvalue weighted by Gasteiger charge is -2.12. The van der Waals surface area contributed by atoms with Crippen LogP contribution in [0.15, 0.2) is 22.7 Å². The molecular weight excluding hydrogens is 275 g/mol. The van der Waals surface area contributed by atoms with Crippen molar-refractivity contribution in [3.8, 4) is 5.75 Å². The first kappa shape index (κ1) is 11.3. The van der Waals surface area contributed by atoms with E-state index in [1.807, 2.05) is 6.07 Å². The summed E-state index contributed by atoms with van der Waals surface area (Å²) in [7, 11) is 1.68. The Morgan fingerprint density at radius 3 is 2.67 bits per heavy atom. The quantitative estimate of drug-likeness (QED) is 0.761. The molecule has 1 nitrogen and oxygen atoms in total. The number of alkyl halides is 1. The van der Waals surface area contributed by atoms with Crippen LogP contribution in [-0.4, -0.2) is 13.0 Å². The normalized spacial score (nSPS) is 17.5. The molecule has 1 aliphatic rings. The molecule has 0 N–H and O–H groups in total. The highest BCUT2D eigenvalue weighted by Gasteiger charge is 2.41. The summed E-state index contributed by atoms with van der Waals surface area (Å²) in [5.74, 6) is 1.66. The highest BCUT2D eigenvalue weighted by molar-refractivity contribution is 9.10. The largest absolute Gasteiger partial charge is 0.496 e. The van der Waals surface area contributed by atoms with Crippen molar-refractivity contribution in [1.29, 1.82) is 0 Å². The van der Waals surface area contributed by atoms with Crippen molar-refractivity contribution in [1.82, 2.24) is 0 Å². The summed E-state index contributed by atoms with van der Waals surface area (Å²) in [5, 5.41) is 0. The third-order valence-electron chi connectivity index (χ3n) is 3.04. The van der Waals surface area contributed by atoms with Crippen LogP contribution >= 0.6 is 27.5 Å². The van der Waals surface area contributed by atoms with Crippen LogP contribution in [0, 0.1) is 5.41 Å². The Labute approximate surface area is 104 Å². The van der Waals surface area contributed by atoms with Gasteiger partial charge >= 0.3 is 0 Å². The maximum absolute atomic E-state index is 5.97. The van der Waals surface area contributed by atoms with Crippen molar-refractivity contribution >= 4 is 27.5 Å². The molecular formula is C12H14BrClO. The Balaban J connectivity index is 2.13. The lowest BCUT2D eigenvalue weighted by Crippen LogP contribution is -2.06. The molecule has 0 bridgehead atoms. The van der Waals surface area contributed by atoms with Crippen molar-refractivity contribution in [3.05, 3.63) is 28.2 Å². The second-order valence-corrected chi connectivity index (χ2v) is 5.40. The first-order valence-corrected chi connectivity index (χ1v) is 6.40. The van der Waals surface area contributed by atoms with Crippen molar-refractivity contribution in [3.63, 3.8) is 0 Å². The molecule has 1 aromatic carbocycles. The zero-order valence-corrected chi connectivity index (χ0v) is 11.1. The van der Waals surface area contributed by atoms with Crippen LogP contribution < -0.4 is 4.74 Å². The first-order valence-electron chi connectivity index (χ1n) is 5.07. The number of hydrogen-bond acceptors (Lipinski definition) is 1. The molecule has 0 aromatic heterocycles. The van der Waals surface area contributed by atoms with Gasteiger partial charge in [0, 0.05) is 5.88 Å². The Morgan fingerprint density at radius 1 is 1.47 bits per heavy atom. The highest BCUT2D eigenvalue weighted by Crippen LogP contribution is 2.49. The molecule has 0 atom stereocenters. The molecule has 0 heterocycles. The maximum atomic E-state index is 5.97. The molecule has 1 aromatic rings. The highest BCUT2D eigenvalue weighted by atomic mass is 79.9. The van der Waals surface area contributed by atoms with E-state index in [1.54, 1.807) is 7.11 Å². The number of methoxy groups -OCH3 is 1. The monoisotopic (exact) mass is 288 g/mol. The van der Waals surface area contributed by atoms with E-state index in [0.717, 1.165) is 22.5 Å². The van der Waals surface area contributed by atoms with E-state index in [4.69, 9.17) is 16.3 Å². The van der Waals surface area contributed by atoms with Crippen molar-refractivity contribution in [2.24, 2.45) is 5.41 Å². The molecule has 0 radical (unpaired) electrons. The summed E-state index contributed by atoms with van der Waals surface area (Å²) >= 11 is 9.47. The minimum atomic E-state index is 0.385. The summed E-state index contributed by atoms with van der Waals surface area (Å²) in [6.07, 6.45) is 3.61. The molecule has 1 fully saturated rings. The van der Waals surface area contributed by atoms with Crippen LogP contribution in [0.1, 0.15) is 18.4 Å². The summed E-state index contributed by atoms with van der Waals surface area (Å²) in [4.78, 5) is 0. The molecule has 3 heteroatoms. The van der Waals surface area contributed by atoms with Gasteiger partial charge in [-0.1, -0.05) is 6.07 Å². The van der Waals surface area contributed by atoms with Crippen LogP contribution in [0.4, 0.5) is 0 Å². The van der Waals surface area contributed by atoms with Gasteiger partial charge in [-0.15, -0.1) is 11.6 Å². The van der Waals surface area contributed by atoms with Gasteiger partial charge in [-0.2, -0.15) is 0 Å². The van der Waals surface area contributed by atoms with E-state index >= 15 is 0 Å². The molecule has 0 saturated heterocycles. The molecule has 0 unspecified atom stereocenters. The van der Waals surface area contributed by atoms with E-state index in [0.29, 0.717) is 5.41 Å². The molecule has 0 amide bonds. The lowest BCUT2D eigenvalue weighted by atomic mass is 9.98. The first-order chi connectivity index (χ1) is 7.19. The smallest absolute Gasteiger partial charge is 0.133 e. The number of hydrogen-bond donors (Lipinski definition) is 0. The zero-order chi connectivity index (χ0) is 10.9. The van der Waals surface area contributed by atoms with Crippen LogP contribution in [0.25, 0.3) is 0 Å². The molecule has 2 rings (SSSR count). The van der Waals surface area contributed by atoms with Crippen molar-refractivity contribution in [2.45, 2.75) is 19.3 Å². The topological polar surface area (TPSA) is 9.23 Å². The zero-order valence-electron chi connectivity index (χ0n) is 8.72. The van der Waals surface area contributed by atoms with Gasteiger partial charge < -0.3 is 4.74 Å². The average Bonchev–Trinajstić information content (AvgIpc) is 2.99. The number of halogens is 2. The fourth-order valence-corrected chi connectivity index (χ4v) is 2.74. The molecule has 1 aliphatic carbocycles. The van der Waals surface area contributed by atoms with Crippen molar-refractivity contribution < 1.29 is 4.74 Å². The number of ether oxygens (including phenoxy) is 1. The summed E-state index contributed by atoms with van der Waals surface area (Å²) < 4.78 is 6.22. The molecule has 0 aliphatic heterocycles. The van der Waals surface area contributed by atoms with Gasteiger partial charge in [0.05, 0.1) is 11.6 Å². The number of benzene rings is 1. The third-order valence-corrected chi connectivity index (χ3v) is 4.22. The Hall–Kier alpha value is -0.210. The molecule has 0 spiro atoms. The van der Waals surface area contributed by atoms with Crippen LogP contribution in [0.5, 0.6) is 5.75 Å². The minimum absolute atomic E-state index is 0.385. The van der Waals surface area contributed by atoms with Gasteiger partial charge in [0.2, 0.25) is 0 Å².